The smallest absolute Gasteiger partial charge is 0.198 e. The van der Waals surface area contributed by atoms with Gasteiger partial charge in [0.15, 0.2) is 17.4 Å². The van der Waals surface area contributed by atoms with Crippen LogP contribution in [0.3, 0.4) is 0 Å². The molecule has 0 heterocycles. The van der Waals surface area contributed by atoms with Crippen LogP contribution in [0.15, 0.2) is 42.5 Å². The van der Waals surface area contributed by atoms with E-state index < -0.39 is 17.4 Å². The van der Waals surface area contributed by atoms with Crippen molar-refractivity contribution in [3.63, 3.8) is 0 Å². The largest absolute Gasteiger partial charge is 0.451 e. The van der Waals surface area contributed by atoms with Gasteiger partial charge in [0.05, 0.1) is 6.61 Å². The third kappa shape index (κ3) is 3.81. The minimum absolute atomic E-state index is 0.0489. The maximum atomic E-state index is 14.6. The summed E-state index contributed by atoms with van der Waals surface area (Å²) in [5.41, 5.74) is 0.322. The lowest BCUT2D eigenvalue weighted by molar-refractivity contribution is 0.282. The molecule has 118 valence electrons. The van der Waals surface area contributed by atoms with E-state index in [1.54, 1.807) is 30.3 Å². The molecule has 0 aliphatic rings. The van der Waals surface area contributed by atoms with Gasteiger partial charge in [0.25, 0.3) is 0 Å². The molecule has 2 aromatic rings. The topological polar surface area (TPSA) is 41.5 Å². The van der Waals surface area contributed by atoms with Crippen molar-refractivity contribution in [3.8, 4) is 11.5 Å². The Morgan fingerprint density at radius 2 is 1.86 bits per heavy atom. The fraction of sp³-hybridized carbons (Fsp3) is 0.294. The molecule has 0 spiro atoms. The highest BCUT2D eigenvalue weighted by Gasteiger charge is 2.20. The number of halogens is 2. The van der Waals surface area contributed by atoms with Crippen LogP contribution in [0.1, 0.15) is 24.9 Å². The Hall–Kier alpha value is -1.98. The Bertz CT molecular complexity index is 605. The summed E-state index contributed by atoms with van der Waals surface area (Å²) in [7, 11) is 0. The molecule has 5 heteroatoms. The Labute approximate surface area is 128 Å². The molecule has 0 aromatic heterocycles. The first-order valence-electron chi connectivity index (χ1n) is 7.22. The van der Waals surface area contributed by atoms with Crippen molar-refractivity contribution < 1.29 is 18.6 Å². The van der Waals surface area contributed by atoms with Gasteiger partial charge in [-0.15, -0.1) is 0 Å². The molecule has 2 rings (SSSR count). The van der Waals surface area contributed by atoms with Crippen molar-refractivity contribution in [2.75, 3.05) is 13.2 Å². The predicted octanol–water partition coefficient (Wildman–Crippen LogP) is 3.79. The van der Waals surface area contributed by atoms with Gasteiger partial charge >= 0.3 is 0 Å². The summed E-state index contributed by atoms with van der Waals surface area (Å²) in [5, 5.41) is 11.9. The first-order chi connectivity index (χ1) is 10.7. The Kier molecular flexibility index (Phi) is 5.86. The molecule has 0 fully saturated rings. The van der Waals surface area contributed by atoms with Gasteiger partial charge < -0.3 is 15.2 Å². The zero-order chi connectivity index (χ0) is 15.9. The molecule has 0 aliphatic carbocycles. The summed E-state index contributed by atoms with van der Waals surface area (Å²) < 4.78 is 33.9. The summed E-state index contributed by atoms with van der Waals surface area (Å²) in [6, 6.07) is 10.8. The molecule has 2 N–H and O–H groups in total. The normalized spacial score (nSPS) is 12.2. The monoisotopic (exact) mass is 307 g/mol. The number of hydrogen-bond donors (Lipinski definition) is 2. The quantitative estimate of drug-likeness (QED) is 0.818. The van der Waals surface area contributed by atoms with Crippen LogP contribution in [0.2, 0.25) is 0 Å². The molecule has 0 bridgehead atoms. The maximum Gasteiger partial charge on any atom is 0.198 e. The van der Waals surface area contributed by atoms with Crippen LogP contribution in [-0.2, 0) is 0 Å². The molecule has 0 amide bonds. The van der Waals surface area contributed by atoms with Crippen LogP contribution in [-0.4, -0.2) is 18.3 Å². The van der Waals surface area contributed by atoms with Crippen LogP contribution in [0, 0.1) is 11.6 Å². The van der Waals surface area contributed by atoms with Gasteiger partial charge in [-0.25, -0.2) is 8.78 Å². The van der Waals surface area contributed by atoms with Crippen molar-refractivity contribution in [3.05, 3.63) is 59.7 Å². The number of nitrogens with one attached hydrogen (secondary N) is 1. The molecule has 1 atom stereocenters. The summed E-state index contributed by atoms with van der Waals surface area (Å²) in [4.78, 5) is 0. The first-order valence-corrected chi connectivity index (χ1v) is 7.22. The number of aliphatic hydroxyl groups is 1. The lowest BCUT2D eigenvalue weighted by atomic mass is 10.0. The third-order valence-corrected chi connectivity index (χ3v) is 3.33. The van der Waals surface area contributed by atoms with E-state index in [4.69, 9.17) is 9.84 Å². The zero-order valence-corrected chi connectivity index (χ0v) is 12.4. The molecule has 0 radical (unpaired) electrons. The molecule has 22 heavy (non-hydrogen) atoms. The minimum atomic E-state index is -0.748. The Balaban J connectivity index is 2.32. The fourth-order valence-corrected chi connectivity index (χ4v) is 2.23. The van der Waals surface area contributed by atoms with Crippen molar-refractivity contribution in [2.24, 2.45) is 0 Å². The minimum Gasteiger partial charge on any atom is -0.451 e. The van der Waals surface area contributed by atoms with Gasteiger partial charge in [0.2, 0.25) is 0 Å². The number of hydrogen-bond acceptors (Lipinski definition) is 3. The van der Waals surface area contributed by atoms with Gasteiger partial charge in [-0.3, -0.25) is 0 Å². The highest BCUT2D eigenvalue weighted by molar-refractivity contribution is 5.38. The summed E-state index contributed by atoms with van der Waals surface area (Å²) in [6.07, 6.45) is 0.604. The van der Waals surface area contributed by atoms with Gasteiger partial charge in [-0.2, -0.15) is 0 Å². The summed E-state index contributed by atoms with van der Waals surface area (Å²) in [5.74, 6) is -1.51. The standard InChI is InChI=1S/C17H19F2NO2/c1-2-15(20-10-11-21)13-8-9-14(18)17(16(13)19)22-12-6-4-3-5-7-12/h3-9,15,20-21H,2,10-11H2,1H3. The highest BCUT2D eigenvalue weighted by Crippen LogP contribution is 2.32. The van der Waals surface area contributed by atoms with Crippen LogP contribution in [0.5, 0.6) is 11.5 Å². The van der Waals surface area contributed by atoms with E-state index in [9.17, 15) is 8.78 Å². The molecule has 0 saturated carbocycles. The van der Waals surface area contributed by atoms with Crippen LogP contribution in [0.4, 0.5) is 8.78 Å². The van der Waals surface area contributed by atoms with Crippen molar-refractivity contribution in [2.45, 2.75) is 19.4 Å². The van der Waals surface area contributed by atoms with E-state index in [-0.39, 0.29) is 12.6 Å². The zero-order valence-electron chi connectivity index (χ0n) is 12.4. The number of rotatable bonds is 7. The predicted molar refractivity (Wildman–Crippen MR) is 81.0 cm³/mol. The van der Waals surface area contributed by atoms with E-state index in [2.05, 4.69) is 5.32 Å². The number of benzene rings is 2. The number of para-hydroxylation sites is 1. The van der Waals surface area contributed by atoms with Gasteiger partial charge in [-0.05, 0) is 24.6 Å². The lowest BCUT2D eigenvalue weighted by Gasteiger charge is -2.19. The van der Waals surface area contributed by atoms with Crippen molar-refractivity contribution >= 4 is 0 Å². The Morgan fingerprint density at radius 1 is 1.14 bits per heavy atom. The molecule has 0 saturated heterocycles. The fourth-order valence-electron chi connectivity index (χ4n) is 2.23. The molecule has 1 unspecified atom stereocenters. The van der Waals surface area contributed by atoms with Crippen LogP contribution < -0.4 is 10.1 Å². The van der Waals surface area contributed by atoms with Gasteiger partial charge in [-0.1, -0.05) is 31.2 Å². The third-order valence-electron chi connectivity index (χ3n) is 3.33. The molecular weight excluding hydrogens is 288 g/mol. The Morgan fingerprint density at radius 3 is 2.50 bits per heavy atom. The van der Waals surface area contributed by atoms with E-state index in [1.165, 1.54) is 12.1 Å². The number of ether oxygens (including phenoxy) is 1. The second kappa shape index (κ2) is 7.87. The molecule has 0 aliphatic heterocycles. The van der Waals surface area contributed by atoms with Crippen LogP contribution >= 0.6 is 0 Å². The van der Waals surface area contributed by atoms with E-state index in [0.29, 0.717) is 24.3 Å². The van der Waals surface area contributed by atoms with E-state index in [0.717, 1.165) is 0 Å². The van der Waals surface area contributed by atoms with E-state index >= 15 is 0 Å². The second-order valence-electron chi connectivity index (χ2n) is 4.83. The molecular formula is C17H19F2NO2. The van der Waals surface area contributed by atoms with Crippen molar-refractivity contribution in [1.82, 2.24) is 5.32 Å². The first kappa shape index (κ1) is 16.4. The molecule has 3 nitrogen and oxygen atoms in total. The van der Waals surface area contributed by atoms with Gasteiger partial charge in [0, 0.05) is 18.2 Å². The molecule has 2 aromatic carbocycles. The van der Waals surface area contributed by atoms with Gasteiger partial charge in [0.1, 0.15) is 5.75 Å². The second-order valence-corrected chi connectivity index (χ2v) is 4.83. The summed E-state index contributed by atoms with van der Waals surface area (Å²) >= 11 is 0. The maximum absolute atomic E-state index is 14.6. The highest BCUT2D eigenvalue weighted by atomic mass is 19.1. The summed E-state index contributed by atoms with van der Waals surface area (Å²) in [6.45, 7) is 2.17. The van der Waals surface area contributed by atoms with Crippen molar-refractivity contribution in [1.29, 1.82) is 0 Å². The average Bonchev–Trinajstić information content (AvgIpc) is 2.54. The SMILES string of the molecule is CCC(NCCO)c1ccc(F)c(Oc2ccccc2)c1F. The number of aliphatic hydroxyl groups excluding tert-OH is 1. The average molecular weight is 307 g/mol. The van der Waals surface area contributed by atoms with Crippen LogP contribution in [0.25, 0.3) is 0 Å². The van der Waals surface area contributed by atoms with E-state index in [1.807, 2.05) is 6.92 Å². The lowest BCUT2D eigenvalue weighted by Crippen LogP contribution is -2.25.